The molecule has 22 heavy (non-hydrogen) atoms. The normalized spacial score (nSPS) is 19.7. The van der Waals surface area contributed by atoms with Gasteiger partial charge in [0.25, 0.3) is 0 Å². The topological polar surface area (TPSA) is 46.5 Å². The lowest BCUT2D eigenvalue weighted by Gasteiger charge is -2.33. The lowest BCUT2D eigenvalue weighted by atomic mass is 9.77. The molecule has 1 rings (SSSR count). The predicted octanol–water partition coefficient (Wildman–Crippen LogP) is 2.98. The summed E-state index contributed by atoms with van der Waals surface area (Å²) in [4.78, 5) is 12.5. The van der Waals surface area contributed by atoms with Gasteiger partial charge in [-0.2, -0.15) is 0 Å². The van der Waals surface area contributed by atoms with Crippen LogP contribution in [0, 0.1) is 11.8 Å². The van der Waals surface area contributed by atoms with E-state index in [9.17, 15) is 9.90 Å². The molecule has 0 aromatic carbocycles. The minimum absolute atomic E-state index is 0.181. The maximum atomic E-state index is 12.5. The molecule has 1 fully saturated rings. The molecule has 0 aromatic rings. The fourth-order valence-corrected chi connectivity index (χ4v) is 3.41. The van der Waals surface area contributed by atoms with E-state index >= 15 is 0 Å². The molecule has 2 atom stereocenters. The molecule has 1 N–H and O–H groups in total. The maximum Gasteiger partial charge on any atom is 0.312 e. The molecule has 0 amide bonds. The van der Waals surface area contributed by atoms with Crippen LogP contribution >= 0.6 is 0 Å². The number of likely N-dealkylation sites (N-methyl/N-ethyl adjacent to an activating group) is 1. The van der Waals surface area contributed by atoms with Gasteiger partial charge in [-0.1, -0.05) is 26.2 Å². The highest BCUT2D eigenvalue weighted by Gasteiger charge is 2.35. The standard InChI is InChI=1S/C18H36NO3/c1-5-16(20)17(15-11-9-8-10-12-15)18(21)22-14-13-19(4,6-2)7-3/h15-17,20H,5-14H2,1-4H3/q+1. The highest BCUT2D eigenvalue weighted by atomic mass is 16.5. The van der Waals surface area contributed by atoms with E-state index in [4.69, 9.17) is 4.74 Å². The highest BCUT2D eigenvalue weighted by Crippen LogP contribution is 2.33. The number of carbonyl (C=O) groups excluding carboxylic acids is 1. The molecule has 1 saturated carbocycles. The summed E-state index contributed by atoms with van der Waals surface area (Å²) >= 11 is 0. The van der Waals surface area contributed by atoms with Crippen molar-refractivity contribution in [3.05, 3.63) is 0 Å². The van der Waals surface area contributed by atoms with Crippen LogP contribution in [-0.2, 0) is 9.53 Å². The van der Waals surface area contributed by atoms with Crippen molar-refractivity contribution in [3.63, 3.8) is 0 Å². The van der Waals surface area contributed by atoms with E-state index in [1.54, 1.807) is 0 Å². The number of aliphatic hydroxyl groups excluding tert-OH is 1. The zero-order chi connectivity index (χ0) is 16.6. The summed E-state index contributed by atoms with van der Waals surface area (Å²) in [6.45, 7) is 9.65. The van der Waals surface area contributed by atoms with E-state index in [0.717, 1.165) is 37.0 Å². The second kappa shape index (κ2) is 9.51. The van der Waals surface area contributed by atoms with Gasteiger partial charge in [-0.05, 0) is 39.0 Å². The lowest BCUT2D eigenvalue weighted by Crippen LogP contribution is -2.46. The molecule has 0 bridgehead atoms. The third kappa shape index (κ3) is 5.54. The van der Waals surface area contributed by atoms with Gasteiger partial charge in [0.05, 0.1) is 32.2 Å². The molecule has 0 saturated heterocycles. The Morgan fingerprint density at radius 2 is 1.77 bits per heavy atom. The van der Waals surface area contributed by atoms with Gasteiger partial charge >= 0.3 is 5.97 Å². The van der Waals surface area contributed by atoms with Crippen LogP contribution in [0.2, 0.25) is 0 Å². The summed E-state index contributed by atoms with van der Waals surface area (Å²) in [6.07, 6.45) is 5.76. The molecular weight excluding hydrogens is 278 g/mol. The Morgan fingerprint density at radius 3 is 2.27 bits per heavy atom. The average Bonchev–Trinajstić information content (AvgIpc) is 2.55. The van der Waals surface area contributed by atoms with Crippen molar-refractivity contribution >= 4 is 5.97 Å². The molecule has 0 spiro atoms. The molecule has 2 unspecified atom stereocenters. The number of nitrogens with zero attached hydrogens (tertiary/aromatic N) is 1. The molecule has 4 nitrogen and oxygen atoms in total. The number of rotatable bonds is 9. The van der Waals surface area contributed by atoms with Crippen molar-refractivity contribution in [2.75, 3.05) is 33.3 Å². The zero-order valence-corrected chi connectivity index (χ0v) is 15.0. The summed E-state index contributed by atoms with van der Waals surface area (Å²) in [5, 5.41) is 10.3. The molecule has 130 valence electrons. The number of ether oxygens (including phenoxy) is 1. The van der Waals surface area contributed by atoms with Crippen molar-refractivity contribution in [2.45, 2.75) is 65.4 Å². The van der Waals surface area contributed by atoms with E-state index < -0.39 is 6.10 Å². The molecule has 0 heterocycles. The van der Waals surface area contributed by atoms with Gasteiger partial charge in [0.15, 0.2) is 0 Å². The number of hydrogen-bond donors (Lipinski definition) is 1. The molecule has 0 aliphatic heterocycles. The monoisotopic (exact) mass is 314 g/mol. The van der Waals surface area contributed by atoms with Crippen molar-refractivity contribution in [1.82, 2.24) is 0 Å². The fraction of sp³-hybridized carbons (Fsp3) is 0.944. The summed E-state index contributed by atoms with van der Waals surface area (Å²) in [7, 11) is 2.19. The molecular formula is C18H36NO3+. The lowest BCUT2D eigenvalue weighted by molar-refractivity contribution is -0.906. The molecule has 4 heteroatoms. The molecule has 1 aliphatic rings. The van der Waals surface area contributed by atoms with E-state index in [2.05, 4.69) is 20.9 Å². The van der Waals surface area contributed by atoms with E-state index in [-0.39, 0.29) is 11.9 Å². The molecule has 1 aliphatic carbocycles. The fourth-order valence-electron chi connectivity index (χ4n) is 3.41. The maximum absolute atomic E-state index is 12.5. The number of quaternary nitrogens is 1. The number of carbonyl (C=O) groups is 1. The zero-order valence-electron chi connectivity index (χ0n) is 15.0. The summed E-state index contributed by atoms with van der Waals surface area (Å²) in [5.41, 5.74) is 0. The molecule has 0 radical (unpaired) electrons. The first-order valence-corrected chi connectivity index (χ1v) is 9.15. The van der Waals surface area contributed by atoms with Gasteiger partial charge in [0.2, 0.25) is 0 Å². The van der Waals surface area contributed by atoms with Crippen LogP contribution in [0.5, 0.6) is 0 Å². The van der Waals surface area contributed by atoms with Crippen molar-refractivity contribution in [3.8, 4) is 0 Å². The van der Waals surface area contributed by atoms with Gasteiger partial charge in [-0.15, -0.1) is 0 Å². The Bertz CT molecular complexity index is 322. The van der Waals surface area contributed by atoms with Crippen LogP contribution in [0.4, 0.5) is 0 Å². The first-order chi connectivity index (χ1) is 10.5. The van der Waals surface area contributed by atoms with Crippen LogP contribution in [0.25, 0.3) is 0 Å². The summed E-state index contributed by atoms with van der Waals surface area (Å²) < 4.78 is 6.48. The van der Waals surface area contributed by atoms with Gasteiger partial charge in [-0.25, -0.2) is 0 Å². The van der Waals surface area contributed by atoms with Crippen molar-refractivity contribution in [1.29, 1.82) is 0 Å². The second-order valence-electron chi connectivity index (χ2n) is 7.04. The Kier molecular flexibility index (Phi) is 8.40. The minimum Gasteiger partial charge on any atom is -0.459 e. The number of esters is 1. The highest BCUT2D eigenvalue weighted by molar-refractivity contribution is 5.73. The van der Waals surface area contributed by atoms with E-state index in [0.29, 0.717) is 18.9 Å². The first kappa shape index (κ1) is 19.4. The summed E-state index contributed by atoms with van der Waals surface area (Å²) in [5.74, 6) is -0.207. The molecule has 0 aromatic heterocycles. The van der Waals surface area contributed by atoms with E-state index in [1.165, 1.54) is 19.3 Å². The van der Waals surface area contributed by atoms with Crippen LogP contribution < -0.4 is 0 Å². The van der Waals surface area contributed by atoms with Crippen molar-refractivity contribution in [2.24, 2.45) is 11.8 Å². The van der Waals surface area contributed by atoms with Gasteiger partial charge in [0.1, 0.15) is 13.2 Å². The Balaban J connectivity index is 2.56. The number of aliphatic hydroxyl groups is 1. The first-order valence-electron chi connectivity index (χ1n) is 9.15. The number of hydrogen-bond acceptors (Lipinski definition) is 3. The van der Waals surface area contributed by atoms with Gasteiger partial charge in [-0.3, -0.25) is 4.79 Å². The van der Waals surface area contributed by atoms with Crippen LogP contribution in [-0.4, -0.2) is 55.0 Å². The van der Waals surface area contributed by atoms with Crippen LogP contribution in [0.3, 0.4) is 0 Å². The Hall–Kier alpha value is -0.610. The predicted molar refractivity (Wildman–Crippen MR) is 89.5 cm³/mol. The Morgan fingerprint density at radius 1 is 1.18 bits per heavy atom. The quantitative estimate of drug-likeness (QED) is 0.526. The average molecular weight is 314 g/mol. The minimum atomic E-state index is -0.561. The largest absolute Gasteiger partial charge is 0.459 e. The van der Waals surface area contributed by atoms with E-state index in [1.807, 2.05) is 6.92 Å². The second-order valence-corrected chi connectivity index (χ2v) is 7.04. The smallest absolute Gasteiger partial charge is 0.312 e. The van der Waals surface area contributed by atoms with Gasteiger partial charge in [0, 0.05) is 0 Å². The van der Waals surface area contributed by atoms with Crippen LogP contribution in [0.1, 0.15) is 59.3 Å². The van der Waals surface area contributed by atoms with Crippen LogP contribution in [0.15, 0.2) is 0 Å². The third-order valence-electron chi connectivity index (χ3n) is 5.67. The third-order valence-corrected chi connectivity index (χ3v) is 5.67. The summed E-state index contributed by atoms with van der Waals surface area (Å²) in [6, 6.07) is 0. The van der Waals surface area contributed by atoms with Crippen molar-refractivity contribution < 1.29 is 19.1 Å². The Labute approximate surface area is 136 Å². The SMILES string of the molecule is CCC(O)C(C(=O)OCC[N+](C)(CC)CC)C1CCCCC1. The van der Waals surface area contributed by atoms with Gasteiger partial charge < -0.3 is 14.3 Å².